The molecule has 0 amide bonds. The molecule has 2 aromatic heterocycles. The number of likely N-dealkylation sites (N-methyl/N-ethyl adjacent to an activating group) is 1. The van der Waals surface area contributed by atoms with E-state index in [0.29, 0.717) is 6.04 Å². The van der Waals surface area contributed by atoms with Crippen LogP contribution in [0, 0.1) is 6.92 Å². The molecule has 0 aromatic carbocycles. The van der Waals surface area contributed by atoms with E-state index >= 15 is 0 Å². The number of pyridine rings is 1. The van der Waals surface area contributed by atoms with E-state index < -0.39 is 0 Å². The number of nitrogens with zero attached hydrogens (tertiary/aromatic N) is 1. The normalized spacial score (nSPS) is 12.6. The summed E-state index contributed by atoms with van der Waals surface area (Å²) in [5.41, 5.74) is 2.43. The fourth-order valence-electron chi connectivity index (χ4n) is 2.03. The molecule has 2 heterocycles. The van der Waals surface area contributed by atoms with Gasteiger partial charge in [-0.2, -0.15) is 0 Å². The van der Waals surface area contributed by atoms with E-state index in [0.717, 1.165) is 18.7 Å². The average molecular weight is 246 g/mol. The maximum Gasteiger partial charge on any atom is 0.0420 e. The molecular weight excluding hydrogens is 228 g/mol. The van der Waals surface area contributed by atoms with Gasteiger partial charge in [-0.05, 0) is 36.5 Å². The highest BCUT2D eigenvalue weighted by Gasteiger charge is 2.14. The summed E-state index contributed by atoms with van der Waals surface area (Å²) in [6, 6.07) is 8.86. The zero-order chi connectivity index (χ0) is 12.1. The lowest BCUT2D eigenvalue weighted by Crippen LogP contribution is -2.23. The van der Waals surface area contributed by atoms with Gasteiger partial charge in [0.2, 0.25) is 0 Å². The highest BCUT2D eigenvalue weighted by Crippen LogP contribution is 2.22. The minimum Gasteiger partial charge on any atom is -0.310 e. The number of aryl methyl sites for hydroxylation is 1. The summed E-state index contributed by atoms with van der Waals surface area (Å²) in [5.74, 6) is 0. The fraction of sp³-hybridized carbons (Fsp3) is 0.357. The molecule has 0 bridgehead atoms. The molecule has 90 valence electrons. The van der Waals surface area contributed by atoms with Crippen LogP contribution in [0.25, 0.3) is 0 Å². The minimum absolute atomic E-state index is 0.368. The van der Waals surface area contributed by atoms with Crippen molar-refractivity contribution in [1.29, 1.82) is 0 Å². The monoisotopic (exact) mass is 246 g/mol. The maximum atomic E-state index is 4.37. The third-order valence-corrected chi connectivity index (χ3v) is 3.76. The number of hydrogen-bond acceptors (Lipinski definition) is 3. The van der Waals surface area contributed by atoms with Crippen LogP contribution in [0.3, 0.4) is 0 Å². The van der Waals surface area contributed by atoms with Crippen LogP contribution in [0.15, 0.2) is 35.8 Å². The summed E-state index contributed by atoms with van der Waals surface area (Å²) in [6.45, 7) is 5.20. The van der Waals surface area contributed by atoms with Gasteiger partial charge >= 0.3 is 0 Å². The summed E-state index contributed by atoms with van der Waals surface area (Å²) in [5, 5.41) is 5.68. The van der Waals surface area contributed by atoms with Gasteiger partial charge in [0.15, 0.2) is 0 Å². The maximum absolute atomic E-state index is 4.37. The van der Waals surface area contributed by atoms with Crippen molar-refractivity contribution in [1.82, 2.24) is 10.3 Å². The average Bonchev–Trinajstić information content (AvgIpc) is 2.82. The molecule has 0 saturated heterocycles. The Morgan fingerprint density at radius 2 is 2.24 bits per heavy atom. The number of rotatable bonds is 5. The number of nitrogens with one attached hydrogen (secondary N) is 1. The second kappa shape index (κ2) is 5.94. The van der Waals surface area contributed by atoms with Crippen LogP contribution in [0.4, 0.5) is 0 Å². The third kappa shape index (κ3) is 3.14. The van der Waals surface area contributed by atoms with Gasteiger partial charge in [0.25, 0.3) is 0 Å². The SMILES string of the molecule is CCNC(Cc1cccs1)c1cccnc1C. The summed E-state index contributed by atoms with van der Waals surface area (Å²) in [4.78, 5) is 5.79. The summed E-state index contributed by atoms with van der Waals surface area (Å²) in [7, 11) is 0. The molecule has 3 heteroatoms. The molecule has 17 heavy (non-hydrogen) atoms. The topological polar surface area (TPSA) is 24.9 Å². The molecule has 1 atom stereocenters. The van der Waals surface area contributed by atoms with Gasteiger partial charge in [-0.25, -0.2) is 0 Å². The number of hydrogen-bond donors (Lipinski definition) is 1. The molecule has 0 radical (unpaired) electrons. The zero-order valence-electron chi connectivity index (χ0n) is 10.3. The van der Waals surface area contributed by atoms with Crippen LogP contribution < -0.4 is 5.32 Å². The Bertz CT molecular complexity index is 451. The van der Waals surface area contributed by atoms with Crippen molar-refractivity contribution < 1.29 is 0 Å². The molecule has 0 aliphatic carbocycles. The molecule has 0 fully saturated rings. The molecule has 2 aromatic rings. The van der Waals surface area contributed by atoms with Crippen LogP contribution in [0.1, 0.15) is 29.1 Å². The molecule has 0 spiro atoms. The Hall–Kier alpha value is -1.19. The quantitative estimate of drug-likeness (QED) is 0.875. The van der Waals surface area contributed by atoms with E-state index in [1.807, 2.05) is 23.6 Å². The van der Waals surface area contributed by atoms with Gasteiger partial charge < -0.3 is 5.32 Å². The number of thiophene rings is 1. The van der Waals surface area contributed by atoms with Crippen molar-refractivity contribution in [3.8, 4) is 0 Å². The Balaban J connectivity index is 2.20. The Labute approximate surface area is 107 Å². The zero-order valence-corrected chi connectivity index (χ0v) is 11.1. The van der Waals surface area contributed by atoms with Crippen LogP contribution in [0.5, 0.6) is 0 Å². The lowest BCUT2D eigenvalue weighted by atomic mass is 10.0. The first-order chi connectivity index (χ1) is 8.31. The molecule has 0 aliphatic rings. The summed E-state index contributed by atoms with van der Waals surface area (Å²) < 4.78 is 0. The van der Waals surface area contributed by atoms with Gasteiger partial charge in [-0.3, -0.25) is 4.98 Å². The van der Waals surface area contributed by atoms with Crippen LogP contribution in [0.2, 0.25) is 0 Å². The first-order valence-corrected chi connectivity index (χ1v) is 6.86. The highest BCUT2D eigenvalue weighted by molar-refractivity contribution is 7.09. The molecular formula is C14H18N2S. The first-order valence-electron chi connectivity index (χ1n) is 5.98. The Morgan fingerprint density at radius 3 is 2.88 bits per heavy atom. The van der Waals surface area contributed by atoms with E-state index in [-0.39, 0.29) is 0 Å². The van der Waals surface area contributed by atoms with Crippen molar-refractivity contribution in [2.45, 2.75) is 26.3 Å². The first kappa shape index (κ1) is 12.3. The van der Waals surface area contributed by atoms with Gasteiger partial charge in [-0.15, -0.1) is 11.3 Å². The van der Waals surface area contributed by atoms with E-state index in [4.69, 9.17) is 0 Å². The molecule has 0 aliphatic heterocycles. The minimum atomic E-state index is 0.368. The standard InChI is InChI=1S/C14H18N2S/c1-3-15-14(10-12-6-5-9-17-12)13-7-4-8-16-11(13)2/h4-9,14-15H,3,10H2,1-2H3. The van der Waals surface area contributed by atoms with Crippen molar-refractivity contribution in [2.24, 2.45) is 0 Å². The molecule has 1 N–H and O–H groups in total. The molecule has 1 unspecified atom stereocenters. The van der Waals surface area contributed by atoms with E-state index in [2.05, 4.69) is 47.7 Å². The predicted molar refractivity (Wildman–Crippen MR) is 73.4 cm³/mol. The third-order valence-electron chi connectivity index (χ3n) is 2.86. The lowest BCUT2D eigenvalue weighted by molar-refractivity contribution is 0.548. The lowest BCUT2D eigenvalue weighted by Gasteiger charge is -2.19. The van der Waals surface area contributed by atoms with Gasteiger partial charge in [0.05, 0.1) is 0 Å². The molecule has 2 rings (SSSR count). The van der Waals surface area contributed by atoms with E-state index in [9.17, 15) is 0 Å². The number of aromatic nitrogens is 1. The second-order valence-corrected chi connectivity index (χ2v) is 5.10. The van der Waals surface area contributed by atoms with Gasteiger partial charge in [0, 0.05) is 29.2 Å². The summed E-state index contributed by atoms with van der Waals surface area (Å²) >= 11 is 1.82. The van der Waals surface area contributed by atoms with Crippen molar-refractivity contribution in [2.75, 3.05) is 6.54 Å². The smallest absolute Gasteiger partial charge is 0.0420 e. The summed E-state index contributed by atoms with van der Waals surface area (Å²) in [6.07, 6.45) is 2.89. The van der Waals surface area contributed by atoms with Crippen molar-refractivity contribution in [3.05, 3.63) is 52.0 Å². The molecule has 2 nitrogen and oxygen atoms in total. The molecule has 0 saturated carbocycles. The Kier molecular flexibility index (Phi) is 4.29. The van der Waals surface area contributed by atoms with Crippen molar-refractivity contribution >= 4 is 11.3 Å². The highest BCUT2D eigenvalue weighted by atomic mass is 32.1. The largest absolute Gasteiger partial charge is 0.310 e. The van der Waals surface area contributed by atoms with Crippen LogP contribution in [-0.2, 0) is 6.42 Å². The van der Waals surface area contributed by atoms with Gasteiger partial charge in [0.1, 0.15) is 0 Å². The van der Waals surface area contributed by atoms with Crippen molar-refractivity contribution in [3.63, 3.8) is 0 Å². The predicted octanol–water partition coefficient (Wildman–Crippen LogP) is 3.34. The fourth-order valence-corrected chi connectivity index (χ4v) is 2.79. The Morgan fingerprint density at radius 1 is 1.35 bits per heavy atom. The van der Waals surface area contributed by atoms with Gasteiger partial charge in [-0.1, -0.05) is 19.1 Å². The second-order valence-electron chi connectivity index (χ2n) is 4.07. The van der Waals surface area contributed by atoms with E-state index in [1.165, 1.54) is 10.4 Å². The van der Waals surface area contributed by atoms with Crippen LogP contribution in [-0.4, -0.2) is 11.5 Å². The van der Waals surface area contributed by atoms with Crippen LogP contribution >= 0.6 is 11.3 Å². The van der Waals surface area contributed by atoms with E-state index in [1.54, 1.807) is 0 Å².